The first-order valence-electron chi connectivity index (χ1n) is 12.9. The number of ether oxygens (including phenoxy) is 2. The molecule has 0 bridgehead atoms. The molecular formula is C32H24N2O10. The van der Waals surface area contributed by atoms with Crippen molar-refractivity contribution in [2.75, 3.05) is 10.6 Å². The Bertz CT molecular complexity index is 1660. The molecule has 222 valence electrons. The van der Waals surface area contributed by atoms with Crippen molar-refractivity contribution >= 4 is 47.1 Å². The zero-order chi connectivity index (χ0) is 32.0. The second kappa shape index (κ2) is 13.1. The molecular weight excluding hydrogens is 572 g/mol. The van der Waals surface area contributed by atoms with Gasteiger partial charge in [0.15, 0.2) is 0 Å². The fraction of sp³-hybridized carbons (Fsp3) is 0.0625. The highest BCUT2D eigenvalue weighted by Gasteiger charge is 2.19. The van der Waals surface area contributed by atoms with Crippen LogP contribution < -0.4 is 20.1 Å². The second-order valence-electron chi connectivity index (χ2n) is 9.28. The third-order valence-electron chi connectivity index (χ3n) is 6.09. The molecule has 0 aromatic heterocycles. The molecule has 12 nitrogen and oxygen atoms in total. The summed E-state index contributed by atoms with van der Waals surface area (Å²) < 4.78 is 9.88. The second-order valence-corrected chi connectivity index (χ2v) is 9.28. The molecule has 12 heteroatoms. The highest BCUT2D eigenvalue weighted by atomic mass is 16.5. The Labute approximate surface area is 249 Å². The molecule has 4 N–H and O–H groups in total. The van der Waals surface area contributed by atoms with Crippen molar-refractivity contribution in [1.29, 1.82) is 0 Å². The van der Waals surface area contributed by atoms with Gasteiger partial charge in [-0.15, -0.1) is 0 Å². The first-order valence-corrected chi connectivity index (χ1v) is 12.9. The van der Waals surface area contributed by atoms with Gasteiger partial charge in [0.05, 0.1) is 22.5 Å². The lowest BCUT2D eigenvalue weighted by Gasteiger charge is -2.13. The predicted octanol–water partition coefficient (Wildman–Crippen LogP) is 5.11. The number of rotatable bonds is 9. The van der Waals surface area contributed by atoms with Crippen molar-refractivity contribution < 1.29 is 48.5 Å². The number of hydrogen-bond donors (Lipinski definition) is 4. The normalized spacial score (nSPS) is 10.3. The van der Waals surface area contributed by atoms with Gasteiger partial charge < -0.3 is 30.3 Å². The van der Waals surface area contributed by atoms with E-state index in [-0.39, 0.29) is 45.1 Å². The lowest BCUT2D eigenvalue weighted by atomic mass is 9.98. The van der Waals surface area contributed by atoms with Crippen molar-refractivity contribution in [3.8, 4) is 22.6 Å². The maximum atomic E-state index is 12.8. The van der Waals surface area contributed by atoms with Gasteiger partial charge in [-0.05, 0) is 83.9 Å². The van der Waals surface area contributed by atoms with E-state index in [1.54, 1.807) is 0 Å². The topological polar surface area (TPSA) is 185 Å². The van der Waals surface area contributed by atoms with Crippen LogP contribution in [0.1, 0.15) is 55.3 Å². The van der Waals surface area contributed by atoms with Crippen LogP contribution in [0.2, 0.25) is 0 Å². The molecule has 0 aliphatic heterocycles. The van der Waals surface area contributed by atoms with Crippen LogP contribution in [0.25, 0.3) is 11.1 Å². The number of benzene rings is 4. The van der Waals surface area contributed by atoms with Crippen LogP contribution in [0.4, 0.5) is 11.4 Å². The van der Waals surface area contributed by atoms with Crippen molar-refractivity contribution in [3.63, 3.8) is 0 Å². The summed E-state index contributed by atoms with van der Waals surface area (Å²) >= 11 is 0. The average molecular weight is 597 g/mol. The number of anilines is 2. The third kappa shape index (κ3) is 7.50. The molecule has 44 heavy (non-hydrogen) atoms. The lowest BCUT2D eigenvalue weighted by Crippen LogP contribution is -2.15. The molecule has 4 aromatic carbocycles. The van der Waals surface area contributed by atoms with Gasteiger partial charge in [0, 0.05) is 25.0 Å². The van der Waals surface area contributed by atoms with Gasteiger partial charge in [0.25, 0.3) is 11.8 Å². The van der Waals surface area contributed by atoms with E-state index in [9.17, 15) is 39.0 Å². The van der Waals surface area contributed by atoms with Gasteiger partial charge in [0.1, 0.15) is 11.5 Å². The molecule has 0 heterocycles. The number of carboxylic acid groups (broad SMARTS) is 2. The molecule has 0 spiro atoms. The molecule has 2 amide bonds. The predicted molar refractivity (Wildman–Crippen MR) is 157 cm³/mol. The summed E-state index contributed by atoms with van der Waals surface area (Å²) in [5, 5.41) is 24.7. The molecule has 0 saturated heterocycles. The summed E-state index contributed by atoms with van der Waals surface area (Å²) in [6, 6.07) is 19.7. The Morgan fingerprint density at radius 2 is 0.864 bits per heavy atom. The van der Waals surface area contributed by atoms with Crippen molar-refractivity contribution in [3.05, 3.63) is 107 Å². The number of nitrogens with one attached hydrogen (secondary N) is 2. The number of amides is 2. The highest BCUT2D eigenvalue weighted by molar-refractivity contribution is 6.09. The van der Waals surface area contributed by atoms with Crippen LogP contribution in [0.3, 0.4) is 0 Å². The van der Waals surface area contributed by atoms with Crippen molar-refractivity contribution in [2.45, 2.75) is 13.8 Å². The zero-order valence-electron chi connectivity index (χ0n) is 23.2. The van der Waals surface area contributed by atoms with E-state index in [1.807, 2.05) is 0 Å². The minimum absolute atomic E-state index is 0.00243. The largest absolute Gasteiger partial charge is 0.478 e. The average Bonchev–Trinajstić information content (AvgIpc) is 2.97. The molecule has 0 atom stereocenters. The molecule has 0 fully saturated rings. The number of aromatic carboxylic acids is 2. The summed E-state index contributed by atoms with van der Waals surface area (Å²) in [7, 11) is 0. The van der Waals surface area contributed by atoms with E-state index in [2.05, 4.69) is 10.6 Å². The molecule has 0 unspecified atom stereocenters. The summed E-state index contributed by atoms with van der Waals surface area (Å²) in [5.74, 6) is -4.45. The number of carbonyl (C=O) groups excluding carboxylic acids is 4. The van der Waals surface area contributed by atoms with Crippen LogP contribution in [0.5, 0.6) is 11.5 Å². The Kier molecular flexibility index (Phi) is 9.14. The van der Waals surface area contributed by atoms with Gasteiger partial charge in [-0.3, -0.25) is 19.2 Å². The Hall–Kier alpha value is -6.30. The first-order chi connectivity index (χ1) is 20.9. The molecule has 4 aromatic rings. The van der Waals surface area contributed by atoms with Crippen molar-refractivity contribution in [1.82, 2.24) is 0 Å². The Morgan fingerprint density at radius 1 is 0.523 bits per heavy atom. The number of esters is 2. The molecule has 0 aliphatic rings. The standard InChI is InChI=1S/C32H24N2O10/c1-17(35)43-23-9-3-19(4-10-23)29(37)33-27-13-7-21(15-25(27)31(39)40)22-8-14-28(26(16-22)32(41)42)34-30(38)20-5-11-24(12-6-20)44-18(2)36/h3-16H,1-2H3,(H,33,37)(H,34,38)(H,39,40)(H,41,42). The van der Waals surface area contributed by atoms with E-state index < -0.39 is 35.7 Å². The van der Waals surface area contributed by atoms with Gasteiger partial charge in [-0.1, -0.05) is 12.1 Å². The summed E-state index contributed by atoms with van der Waals surface area (Å²) in [6.45, 7) is 2.48. The van der Waals surface area contributed by atoms with Gasteiger partial charge in [-0.25, -0.2) is 9.59 Å². The van der Waals surface area contributed by atoms with Gasteiger partial charge in [-0.2, -0.15) is 0 Å². The minimum Gasteiger partial charge on any atom is -0.478 e. The van der Waals surface area contributed by atoms with Gasteiger partial charge >= 0.3 is 23.9 Å². The van der Waals surface area contributed by atoms with Crippen LogP contribution in [0, 0.1) is 0 Å². The summed E-state index contributed by atoms with van der Waals surface area (Å²) in [4.78, 5) is 71.8. The Morgan fingerprint density at radius 3 is 1.16 bits per heavy atom. The van der Waals surface area contributed by atoms with E-state index >= 15 is 0 Å². The van der Waals surface area contributed by atoms with Crippen molar-refractivity contribution in [2.24, 2.45) is 0 Å². The molecule has 0 radical (unpaired) electrons. The number of hydrogen-bond acceptors (Lipinski definition) is 8. The van der Waals surface area contributed by atoms with Crippen LogP contribution in [0.15, 0.2) is 84.9 Å². The maximum Gasteiger partial charge on any atom is 0.337 e. The minimum atomic E-state index is -1.34. The molecule has 0 saturated carbocycles. The smallest absolute Gasteiger partial charge is 0.337 e. The van der Waals surface area contributed by atoms with E-state index in [0.29, 0.717) is 11.1 Å². The summed E-state index contributed by atoms with van der Waals surface area (Å²) in [6.07, 6.45) is 0. The molecule has 4 rings (SSSR count). The highest BCUT2D eigenvalue weighted by Crippen LogP contribution is 2.30. The van der Waals surface area contributed by atoms with Gasteiger partial charge in [0.2, 0.25) is 0 Å². The van der Waals surface area contributed by atoms with Crippen LogP contribution >= 0.6 is 0 Å². The maximum absolute atomic E-state index is 12.8. The zero-order valence-corrected chi connectivity index (χ0v) is 23.2. The fourth-order valence-corrected chi connectivity index (χ4v) is 4.09. The Balaban J connectivity index is 1.56. The molecule has 0 aliphatic carbocycles. The number of carboxylic acids is 2. The van der Waals surface area contributed by atoms with Crippen LogP contribution in [-0.2, 0) is 9.59 Å². The quantitative estimate of drug-likeness (QED) is 0.150. The van der Waals surface area contributed by atoms with Crippen LogP contribution in [-0.4, -0.2) is 45.9 Å². The first kappa shape index (κ1) is 30.7. The van der Waals surface area contributed by atoms with E-state index in [1.165, 1.54) is 98.8 Å². The fourth-order valence-electron chi connectivity index (χ4n) is 4.09. The monoisotopic (exact) mass is 596 g/mol. The van der Waals surface area contributed by atoms with E-state index in [4.69, 9.17) is 9.47 Å². The lowest BCUT2D eigenvalue weighted by molar-refractivity contribution is -0.132. The van der Waals surface area contributed by atoms with E-state index in [0.717, 1.165) is 0 Å². The summed E-state index contributed by atoms with van der Waals surface area (Å²) in [5.41, 5.74) is 0.545. The SMILES string of the molecule is CC(=O)Oc1ccc(C(=O)Nc2ccc(-c3ccc(NC(=O)c4ccc(OC(C)=O)cc4)c(C(=O)O)c3)cc2C(=O)O)cc1. The third-order valence-corrected chi connectivity index (χ3v) is 6.09. The number of carbonyl (C=O) groups is 6.